The van der Waals surface area contributed by atoms with Crippen molar-refractivity contribution >= 4 is 17.1 Å². The number of nitrogens with zero attached hydrogens (tertiary/aromatic N) is 2. The molecule has 1 heterocycles. The standard InChI is InChI=1S/C16H17N3O2/c1-16(2,3)21-15(20)19-8-4-5-12-6-7-13-14(11-12)18-10-9-17-13/h6-7,9-11H,8H2,1-3H3,(H,19,20). The van der Waals surface area contributed by atoms with Gasteiger partial charge in [0.15, 0.2) is 0 Å². The van der Waals surface area contributed by atoms with Crippen LogP contribution in [0, 0.1) is 11.8 Å². The van der Waals surface area contributed by atoms with E-state index in [2.05, 4.69) is 27.1 Å². The second kappa shape index (κ2) is 6.23. The third kappa shape index (κ3) is 4.77. The SMILES string of the molecule is CC(C)(C)OC(=O)NCC#Cc1ccc2nccnc2c1. The van der Waals surface area contributed by atoms with Gasteiger partial charge in [-0.05, 0) is 39.0 Å². The van der Waals surface area contributed by atoms with Crippen molar-refractivity contribution in [1.82, 2.24) is 15.3 Å². The first-order valence-corrected chi connectivity index (χ1v) is 6.60. The fraction of sp³-hybridized carbons (Fsp3) is 0.312. The predicted molar refractivity (Wildman–Crippen MR) is 80.7 cm³/mol. The smallest absolute Gasteiger partial charge is 0.408 e. The van der Waals surface area contributed by atoms with Crippen molar-refractivity contribution in [3.05, 3.63) is 36.2 Å². The van der Waals surface area contributed by atoms with Gasteiger partial charge in [0.2, 0.25) is 0 Å². The van der Waals surface area contributed by atoms with Gasteiger partial charge in [-0.1, -0.05) is 11.8 Å². The Hall–Kier alpha value is -2.61. The Labute approximate surface area is 123 Å². The number of rotatable bonds is 1. The van der Waals surface area contributed by atoms with Crippen LogP contribution in [-0.2, 0) is 4.74 Å². The molecule has 5 nitrogen and oxygen atoms in total. The molecule has 0 aliphatic heterocycles. The molecule has 1 aromatic carbocycles. The second-order valence-electron chi connectivity index (χ2n) is 5.42. The van der Waals surface area contributed by atoms with Gasteiger partial charge in [0.1, 0.15) is 5.60 Å². The van der Waals surface area contributed by atoms with E-state index in [1.807, 2.05) is 39.0 Å². The number of hydrogen-bond donors (Lipinski definition) is 1. The number of carbonyl (C=O) groups excluding carboxylic acids is 1. The van der Waals surface area contributed by atoms with E-state index in [-0.39, 0.29) is 6.54 Å². The van der Waals surface area contributed by atoms with E-state index in [0.717, 1.165) is 16.6 Å². The normalized spacial score (nSPS) is 10.6. The molecule has 2 rings (SSSR count). The number of benzene rings is 1. The van der Waals surface area contributed by atoms with E-state index in [0.29, 0.717) is 0 Å². The van der Waals surface area contributed by atoms with Crippen molar-refractivity contribution in [3.8, 4) is 11.8 Å². The molecule has 1 aromatic heterocycles. The van der Waals surface area contributed by atoms with Gasteiger partial charge in [0.25, 0.3) is 0 Å². The first-order chi connectivity index (χ1) is 9.94. The van der Waals surface area contributed by atoms with Gasteiger partial charge < -0.3 is 10.1 Å². The number of carbonyl (C=O) groups is 1. The van der Waals surface area contributed by atoms with Crippen molar-refractivity contribution in [2.45, 2.75) is 26.4 Å². The third-order valence-electron chi connectivity index (χ3n) is 2.42. The average Bonchev–Trinajstić information content (AvgIpc) is 2.41. The molecular weight excluding hydrogens is 266 g/mol. The maximum atomic E-state index is 11.4. The Morgan fingerprint density at radius 3 is 2.67 bits per heavy atom. The summed E-state index contributed by atoms with van der Waals surface area (Å²) in [5.74, 6) is 5.84. The van der Waals surface area contributed by atoms with E-state index in [1.54, 1.807) is 12.4 Å². The molecule has 21 heavy (non-hydrogen) atoms. The van der Waals surface area contributed by atoms with Crippen LogP contribution in [0.5, 0.6) is 0 Å². The zero-order chi connectivity index (χ0) is 15.3. The molecule has 0 saturated heterocycles. The Bertz CT molecular complexity index is 709. The summed E-state index contributed by atoms with van der Waals surface area (Å²) < 4.78 is 5.11. The molecule has 0 aliphatic rings. The molecule has 0 bridgehead atoms. The largest absolute Gasteiger partial charge is 0.444 e. The highest BCUT2D eigenvalue weighted by Crippen LogP contribution is 2.09. The van der Waals surface area contributed by atoms with Crippen LogP contribution in [0.25, 0.3) is 11.0 Å². The van der Waals surface area contributed by atoms with Crippen molar-refractivity contribution in [3.63, 3.8) is 0 Å². The highest BCUT2D eigenvalue weighted by molar-refractivity contribution is 5.75. The number of fused-ring (bicyclic) bond motifs is 1. The number of ether oxygens (including phenoxy) is 1. The third-order valence-corrected chi connectivity index (χ3v) is 2.42. The summed E-state index contributed by atoms with van der Waals surface area (Å²) in [6.07, 6.45) is 2.82. The van der Waals surface area contributed by atoms with E-state index in [1.165, 1.54) is 0 Å². The Balaban J connectivity index is 1.94. The molecule has 1 N–H and O–H groups in total. The lowest BCUT2D eigenvalue weighted by Crippen LogP contribution is -2.32. The summed E-state index contributed by atoms with van der Waals surface area (Å²) in [4.78, 5) is 19.8. The van der Waals surface area contributed by atoms with Gasteiger partial charge >= 0.3 is 6.09 Å². The predicted octanol–water partition coefficient (Wildman–Crippen LogP) is 2.51. The summed E-state index contributed by atoms with van der Waals surface area (Å²) >= 11 is 0. The molecule has 1 amide bonds. The van der Waals surface area contributed by atoms with E-state index < -0.39 is 11.7 Å². The summed E-state index contributed by atoms with van der Waals surface area (Å²) in [6, 6.07) is 5.61. The van der Waals surface area contributed by atoms with Gasteiger partial charge in [-0.15, -0.1) is 0 Å². The maximum absolute atomic E-state index is 11.4. The molecule has 0 radical (unpaired) electrons. The minimum absolute atomic E-state index is 0.230. The molecule has 108 valence electrons. The lowest BCUT2D eigenvalue weighted by atomic mass is 10.2. The molecule has 0 saturated carbocycles. The van der Waals surface area contributed by atoms with Crippen LogP contribution in [-0.4, -0.2) is 28.2 Å². The van der Waals surface area contributed by atoms with Gasteiger partial charge in [0.05, 0.1) is 17.6 Å². The van der Waals surface area contributed by atoms with Crippen molar-refractivity contribution in [1.29, 1.82) is 0 Å². The summed E-state index contributed by atoms with van der Waals surface area (Å²) in [6.45, 7) is 5.67. The zero-order valence-electron chi connectivity index (χ0n) is 12.3. The molecular formula is C16H17N3O2. The van der Waals surface area contributed by atoms with Gasteiger partial charge in [-0.3, -0.25) is 9.97 Å². The van der Waals surface area contributed by atoms with E-state index >= 15 is 0 Å². The summed E-state index contributed by atoms with van der Waals surface area (Å²) in [5, 5.41) is 2.58. The van der Waals surface area contributed by atoms with Crippen molar-refractivity contribution in [2.75, 3.05) is 6.54 Å². The van der Waals surface area contributed by atoms with E-state index in [4.69, 9.17) is 4.74 Å². The first-order valence-electron chi connectivity index (χ1n) is 6.60. The van der Waals surface area contributed by atoms with Crippen LogP contribution in [0.4, 0.5) is 4.79 Å². The molecule has 0 atom stereocenters. The van der Waals surface area contributed by atoms with Gasteiger partial charge in [-0.2, -0.15) is 0 Å². The lowest BCUT2D eigenvalue weighted by Gasteiger charge is -2.18. The maximum Gasteiger partial charge on any atom is 0.408 e. The first kappa shape index (κ1) is 14.8. The highest BCUT2D eigenvalue weighted by atomic mass is 16.6. The van der Waals surface area contributed by atoms with Crippen LogP contribution < -0.4 is 5.32 Å². The monoisotopic (exact) mass is 283 g/mol. The molecule has 0 aliphatic carbocycles. The number of alkyl carbamates (subject to hydrolysis) is 1. The van der Waals surface area contributed by atoms with E-state index in [9.17, 15) is 4.79 Å². The molecule has 2 aromatic rings. The molecule has 0 unspecified atom stereocenters. The second-order valence-corrected chi connectivity index (χ2v) is 5.42. The Morgan fingerprint density at radius 1 is 1.24 bits per heavy atom. The minimum atomic E-state index is -0.505. The van der Waals surface area contributed by atoms with Crippen molar-refractivity contribution < 1.29 is 9.53 Å². The van der Waals surface area contributed by atoms with Gasteiger partial charge in [-0.25, -0.2) is 4.79 Å². The molecule has 0 spiro atoms. The lowest BCUT2D eigenvalue weighted by molar-refractivity contribution is 0.0535. The minimum Gasteiger partial charge on any atom is -0.444 e. The number of nitrogens with one attached hydrogen (secondary N) is 1. The molecule has 0 fully saturated rings. The quantitative estimate of drug-likeness (QED) is 0.817. The Morgan fingerprint density at radius 2 is 1.95 bits per heavy atom. The van der Waals surface area contributed by atoms with Crippen LogP contribution in [0.2, 0.25) is 0 Å². The fourth-order valence-electron chi connectivity index (χ4n) is 1.62. The van der Waals surface area contributed by atoms with Crippen LogP contribution in [0.15, 0.2) is 30.6 Å². The number of hydrogen-bond acceptors (Lipinski definition) is 4. The van der Waals surface area contributed by atoms with Crippen molar-refractivity contribution in [2.24, 2.45) is 0 Å². The number of amides is 1. The highest BCUT2D eigenvalue weighted by Gasteiger charge is 2.14. The average molecular weight is 283 g/mol. The topological polar surface area (TPSA) is 64.1 Å². The Kier molecular flexibility index (Phi) is 4.39. The van der Waals surface area contributed by atoms with Gasteiger partial charge in [0, 0.05) is 18.0 Å². The number of aromatic nitrogens is 2. The van der Waals surface area contributed by atoms with Crippen LogP contribution in [0.3, 0.4) is 0 Å². The summed E-state index contributed by atoms with van der Waals surface area (Å²) in [7, 11) is 0. The van der Waals surface area contributed by atoms with Crippen LogP contribution >= 0.6 is 0 Å². The van der Waals surface area contributed by atoms with Crippen LogP contribution in [0.1, 0.15) is 26.3 Å². The zero-order valence-corrected chi connectivity index (χ0v) is 12.3. The molecule has 5 heteroatoms. The fourth-order valence-corrected chi connectivity index (χ4v) is 1.62. The summed E-state index contributed by atoms with van der Waals surface area (Å²) in [5.41, 5.74) is 1.95.